The Labute approximate surface area is 211 Å². The number of aromatic nitrogens is 3. The molecule has 4 N–H and O–H groups in total. The summed E-state index contributed by atoms with van der Waals surface area (Å²) in [5, 5.41) is 20.9. The van der Waals surface area contributed by atoms with E-state index in [0.717, 1.165) is 24.0 Å². The molecule has 0 spiro atoms. The number of carbonyl (C=O) groups is 3. The van der Waals surface area contributed by atoms with Crippen molar-refractivity contribution in [3.63, 3.8) is 0 Å². The smallest absolute Gasteiger partial charge is 0.326 e. The molecule has 0 radical (unpaired) electrons. The predicted molar refractivity (Wildman–Crippen MR) is 134 cm³/mol. The van der Waals surface area contributed by atoms with E-state index in [0.29, 0.717) is 22.4 Å². The molecule has 11 heteroatoms. The molecule has 2 aromatic heterocycles. The standard InChI is InChI=1S/C26H25N5O6/c1-3-10-31(22-8-4-15-11-21-18(12-17(15)22)24(34)29-14(2)28-21)16-5-6-19(27-13-16)25(35)30-20(26(36)37)7-9-23(32)33/h1,5-6,11-13,20,22H,4,7-10H2,2H3,(H,30,35)(H,32,33)(H,36,37)(H,28,29,34)/t20-,22?/m0/s1. The maximum absolute atomic E-state index is 12.5. The van der Waals surface area contributed by atoms with Gasteiger partial charge in [-0.15, -0.1) is 6.42 Å². The number of H-pyrrole nitrogens is 1. The third-order valence-electron chi connectivity index (χ3n) is 6.33. The van der Waals surface area contributed by atoms with Gasteiger partial charge in [-0.05, 0) is 61.6 Å². The van der Waals surface area contributed by atoms with Crippen LogP contribution >= 0.6 is 0 Å². The summed E-state index contributed by atoms with van der Waals surface area (Å²) < 4.78 is 0. The van der Waals surface area contributed by atoms with Gasteiger partial charge >= 0.3 is 11.9 Å². The molecule has 2 heterocycles. The minimum atomic E-state index is -1.35. The first-order valence-corrected chi connectivity index (χ1v) is 11.6. The second-order valence-electron chi connectivity index (χ2n) is 8.80. The molecule has 0 saturated heterocycles. The Morgan fingerprint density at radius 1 is 1.30 bits per heavy atom. The largest absolute Gasteiger partial charge is 0.481 e. The number of carboxylic acids is 2. The molecule has 4 rings (SSSR count). The third kappa shape index (κ3) is 5.43. The van der Waals surface area contributed by atoms with E-state index in [9.17, 15) is 24.3 Å². The Morgan fingerprint density at radius 2 is 2.08 bits per heavy atom. The number of aryl methyl sites for hydroxylation is 2. The minimum absolute atomic E-state index is 0.0169. The molecular weight excluding hydrogens is 478 g/mol. The molecule has 1 aliphatic rings. The van der Waals surface area contributed by atoms with Crippen LogP contribution in [0.5, 0.6) is 0 Å². The molecule has 0 saturated carbocycles. The van der Waals surface area contributed by atoms with Crippen LogP contribution in [0.25, 0.3) is 10.9 Å². The number of hydrogen-bond donors (Lipinski definition) is 4. The average Bonchev–Trinajstić information content (AvgIpc) is 3.26. The van der Waals surface area contributed by atoms with Crippen LogP contribution in [0, 0.1) is 19.3 Å². The van der Waals surface area contributed by atoms with Gasteiger partial charge in [-0.3, -0.25) is 14.4 Å². The second-order valence-corrected chi connectivity index (χ2v) is 8.80. The number of hydrogen-bond acceptors (Lipinski definition) is 7. The van der Waals surface area contributed by atoms with Crippen molar-refractivity contribution in [3.05, 3.63) is 63.5 Å². The van der Waals surface area contributed by atoms with Crippen LogP contribution in [-0.4, -0.2) is 55.6 Å². The number of benzene rings is 1. The number of pyridine rings is 1. The highest BCUT2D eigenvalue weighted by Gasteiger charge is 2.29. The summed E-state index contributed by atoms with van der Waals surface area (Å²) in [7, 11) is 0. The maximum atomic E-state index is 12.5. The second kappa shape index (κ2) is 10.5. The third-order valence-corrected chi connectivity index (χ3v) is 6.33. The molecule has 1 aromatic carbocycles. The molecule has 1 amide bonds. The quantitative estimate of drug-likeness (QED) is 0.319. The lowest BCUT2D eigenvalue weighted by Crippen LogP contribution is -2.41. The number of anilines is 1. The number of nitrogens with one attached hydrogen (secondary N) is 2. The number of fused-ring (bicyclic) bond motifs is 2. The van der Waals surface area contributed by atoms with Gasteiger partial charge < -0.3 is 25.4 Å². The fraction of sp³-hybridized carbons (Fsp3) is 0.308. The van der Waals surface area contributed by atoms with E-state index in [4.69, 9.17) is 11.5 Å². The molecule has 190 valence electrons. The number of terminal acetylenes is 1. The molecule has 0 bridgehead atoms. The summed E-state index contributed by atoms with van der Waals surface area (Å²) in [6.07, 6.45) is 8.03. The molecule has 1 aliphatic carbocycles. The predicted octanol–water partition coefficient (Wildman–Crippen LogP) is 1.80. The number of amides is 1. The van der Waals surface area contributed by atoms with Crippen LogP contribution in [-0.2, 0) is 16.0 Å². The number of aromatic amines is 1. The molecule has 0 aliphatic heterocycles. The van der Waals surface area contributed by atoms with Gasteiger partial charge in [-0.2, -0.15) is 0 Å². The number of aliphatic carboxylic acids is 2. The first-order valence-electron chi connectivity index (χ1n) is 11.6. The van der Waals surface area contributed by atoms with Gasteiger partial charge in [0.25, 0.3) is 11.5 Å². The number of carboxylic acid groups (broad SMARTS) is 2. The van der Waals surface area contributed by atoms with Gasteiger partial charge in [0.2, 0.25) is 0 Å². The first-order chi connectivity index (χ1) is 17.7. The Bertz CT molecular complexity index is 1470. The molecular formula is C26H25N5O6. The highest BCUT2D eigenvalue weighted by Crippen LogP contribution is 2.39. The lowest BCUT2D eigenvalue weighted by atomic mass is 10.0. The van der Waals surface area contributed by atoms with Crippen LogP contribution in [0.2, 0.25) is 0 Å². The van der Waals surface area contributed by atoms with Gasteiger partial charge in [-0.25, -0.2) is 14.8 Å². The molecule has 0 fully saturated rings. The van der Waals surface area contributed by atoms with Crippen molar-refractivity contribution in [1.82, 2.24) is 20.3 Å². The van der Waals surface area contributed by atoms with E-state index in [1.807, 2.05) is 17.0 Å². The maximum Gasteiger partial charge on any atom is 0.326 e. The highest BCUT2D eigenvalue weighted by molar-refractivity contribution is 5.95. The zero-order chi connectivity index (χ0) is 26.7. The van der Waals surface area contributed by atoms with Gasteiger partial charge in [0.05, 0.1) is 35.4 Å². The van der Waals surface area contributed by atoms with E-state index in [-0.39, 0.29) is 30.3 Å². The van der Waals surface area contributed by atoms with Crippen LogP contribution in [0.15, 0.2) is 35.3 Å². The van der Waals surface area contributed by atoms with Gasteiger partial charge in [0, 0.05) is 6.42 Å². The summed E-state index contributed by atoms with van der Waals surface area (Å²) in [6, 6.07) is 5.45. The Balaban J connectivity index is 1.58. The van der Waals surface area contributed by atoms with E-state index in [1.54, 1.807) is 13.0 Å². The van der Waals surface area contributed by atoms with Crippen molar-refractivity contribution in [2.24, 2.45) is 0 Å². The summed E-state index contributed by atoms with van der Waals surface area (Å²) in [5.41, 5.74) is 3.13. The molecule has 37 heavy (non-hydrogen) atoms. The molecule has 11 nitrogen and oxygen atoms in total. The van der Waals surface area contributed by atoms with Crippen molar-refractivity contribution in [1.29, 1.82) is 0 Å². The fourth-order valence-corrected chi connectivity index (χ4v) is 4.59. The van der Waals surface area contributed by atoms with E-state index in [2.05, 4.69) is 26.2 Å². The summed E-state index contributed by atoms with van der Waals surface area (Å²) in [6.45, 7) is 1.99. The Kier molecular flexibility index (Phi) is 7.20. The number of rotatable bonds is 9. The molecule has 2 atom stereocenters. The van der Waals surface area contributed by atoms with E-state index in [1.165, 1.54) is 12.3 Å². The SMILES string of the molecule is C#CCN(c1ccc(C(=O)N[C@@H](CCC(=O)O)C(=O)O)nc1)C1CCc2cc3nc(C)[nH]c(=O)c3cc21. The Morgan fingerprint density at radius 3 is 2.73 bits per heavy atom. The van der Waals surface area contributed by atoms with Crippen molar-refractivity contribution in [2.45, 2.75) is 44.7 Å². The van der Waals surface area contributed by atoms with Crippen LogP contribution in [0.4, 0.5) is 5.69 Å². The summed E-state index contributed by atoms with van der Waals surface area (Å²) in [4.78, 5) is 60.5. The van der Waals surface area contributed by atoms with Crippen LogP contribution < -0.4 is 15.8 Å². The van der Waals surface area contributed by atoms with Crippen LogP contribution in [0.1, 0.15) is 52.7 Å². The first kappa shape index (κ1) is 25.4. The van der Waals surface area contributed by atoms with E-state index >= 15 is 0 Å². The van der Waals surface area contributed by atoms with Crippen LogP contribution in [0.3, 0.4) is 0 Å². The monoisotopic (exact) mass is 503 g/mol. The lowest BCUT2D eigenvalue weighted by Gasteiger charge is -2.30. The zero-order valence-electron chi connectivity index (χ0n) is 20.0. The lowest BCUT2D eigenvalue weighted by molar-refractivity contribution is -0.140. The molecule has 3 aromatic rings. The summed E-state index contributed by atoms with van der Waals surface area (Å²) >= 11 is 0. The highest BCUT2D eigenvalue weighted by atomic mass is 16.4. The van der Waals surface area contributed by atoms with Crippen molar-refractivity contribution >= 4 is 34.4 Å². The minimum Gasteiger partial charge on any atom is -0.481 e. The van der Waals surface area contributed by atoms with Gasteiger partial charge in [0.1, 0.15) is 17.6 Å². The van der Waals surface area contributed by atoms with Crippen molar-refractivity contribution < 1.29 is 24.6 Å². The molecule has 1 unspecified atom stereocenters. The van der Waals surface area contributed by atoms with Gasteiger partial charge in [0.15, 0.2) is 0 Å². The van der Waals surface area contributed by atoms with Gasteiger partial charge in [-0.1, -0.05) is 5.92 Å². The number of carbonyl (C=O) groups excluding carboxylic acids is 1. The average molecular weight is 504 g/mol. The Hall–Kier alpha value is -4.72. The zero-order valence-corrected chi connectivity index (χ0v) is 20.0. The summed E-state index contributed by atoms with van der Waals surface area (Å²) in [5.74, 6) is -0.0146. The van der Waals surface area contributed by atoms with Crippen molar-refractivity contribution in [3.8, 4) is 12.3 Å². The fourth-order valence-electron chi connectivity index (χ4n) is 4.59. The number of nitrogens with zero attached hydrogens (tertiary/aromatic N) is 3. The van der Waals surface area contributed by atoms with E-state index < -0.39 is 30.3 Å². The van der Waals surface area contributed by atoms with Crippen molar-refractivity contribution in [2.75, 3.05) is 11.4 Å². The normalized spacial score (nSPS) is 15.0. The topological polar surface area (TPSA) is 166 Å².